The maximum Gasteiger partial charge on any atom is 0.268 e. The maximum atomic E-state index is 12.4. The molecule has 1 heterocycles. The van der Waals surface area contributed by atoms with E-state index in [0.717, 1.165) is 16.5 Å². The first-order valence-corrected chi connectivity index (χ1v) is 7.37. The SMILES string of the molecule is CN(C(=O)c1ccc(Cl)s1)c1ccc2ccccc2c1. The van der Waals surface area contributed by atoms with Crippen molar-refractivity contribution in [3.63, 3.8) is 0 Å². The van der Waals surface area contributed by atoms with Gasteiger partial charge in [-0.05, 0) is 35.0 Å². The fourth-order valence-electron chi connectivity index (χ4n) is 2.10. The van der Waals surface area contributed by atoms with Crippen molar-refractivity contribution in [3.8, 4) is 0 Å². The Labute approximate surface area is 126 Å². The van der Waals surface area contributed by atoms with Gasteiger partial charge >= 0.3 is 0 Å². The molecule has 0 aliphatic carbocycles. The topological polar surface area (TPSA) is 20.3 Å². The highest BCUT2D eigenvalue weighted by Gasteiger charge is 2.15. The summed E-state index contributed by atoms with van der Waals surface area (Å²) in [7, 11) is 1.78. The van der Waals surface area contributed by atoms with Gasteiger partial charge in [0.15, 0.2) is 0 Å². The minimum Gasteiger partial charge on any atom is -0.311 e. The molecule has 2 nitrogen and oxygen atoms in total. The number of fused-ring (bicyclic) bond motifs is 1. The molecule has 100 valence electrons. The van der Waals surface area contributed by atoms with Crippen LogP contribution in [-0.2, 0) is 0 Å². The van der Waals surface area contributed by atoms with Crippen LogP contribution in [0.15, 0.2) is 54.6 Å². The number of thiophene rings is 1. The van der Waals surface area contributed by atoms with Gasteiger partial charge in [0.25, 0.3) is 5.91 Å². The third-order valence-electron chi connectivity index (χ3n) is 3.21. The van der Waals surface area contributed by atoms with Crippen molar-refractivity contribution in [2.45, 2.75) is 0 Å². The van der Waals surface area contributed by atoms with E-state index in [9.17, 15) is 4.79 Å². The molecule has 3 aromatic rings. The van der Waals surface area contributed by atoms with Gasteiger partial charge in [-0.25, -0.2) is 0 Å². The van der Waals surface area contributed by atoms with Crippen LogP contribution in [0.2, 0.25) is 4.34 Å². The minimum atomic E-state index is -0.0443. The van der Waals surface area contributed by atoms with Crippen molar-refractivity contribution in [2.24, 2.45) is 0 Å². The van der Waals surface area contributed by atoms with Crippen LogP contribution in [0, 0.1) is 0 Å². The highest BCUT2D eigenvalue weighted by molar-refractivity contribution is 7.18. The average Bonchev–Trinajstić information content (AvgIpc) is 2.92. The monoisotopic (exact) mass is 301 g/mol. The highest BCUT2D eigenvalue weighted by atomic mass is 35.5. The number of benzene rings is 2. The minimum absolute atomic E-state index is 0.0443. The first kappa shape index (κ1) is 13.2. The Morgan fingerprint density at radius 1 is 1.05 bits per heavy atom. The van der Waals surface area contributed by atoms with E-state index in [1.807, 2.05) is 36.4 Å². The van der Waals surface area contributed by atoms with Crippen molar-refractivity contribution < 1.29 is 4.79 Å². The first-order valence-electron chi connectivity index (χ1n) is 6.17. The Balaban J connectivity index is 1.95. The van der Waals surface area contributed by atoms with Crippen LogP contribution in [0.4, 0.5) is 5.69 Å². The van der Waals surface area contributed by atoms with Gasteiger partial charge in [-0.3, -0.25) is 4.79 Å². The molecule has 0 N–H and O–H groups in total. The molecule has 0 saturated carbocycles. The van der Waals surface area contributed by atoms with Crippen molar-refractivity contribution in [1.29, 1.82) is 0 Å². The molecule has 3 rings (SSSR count). The van der Waals surface area contributed by atoms with Gasteiger partial charge in [0, 0.05) is 12.7 Å². The van der Waals surface area contributed by atoms with E-state index in [2.05, 4.69) is 6.07 Å². The highest BCUT2D eigenvalue weighted by Crippen LogP contribution is 2.26. The van der Waals surface area contributed by atoms with E-state index in [1.54, 1.807) is 24.1 Å². The van der Waals surface area contributed by atoms with Crippen LogP contribution < -0.4 is 4.90 Å². The van der Waals surface area contributed by atoms with Crippen LogP contribution >= 0.6 is 22.9 Å². The quantitative estimate of drug-likeness (QED) is 0.664. The number of anilines is 1. The normalized spacial score (nSPS) is 10.7. The summed E-state index contributed by atoms with van der Waals surface area (Å²) in [5, 5.41) is 2.28. The Hall–Kier alpha value is -1.84. The molecule has 0 radical (unpaired) electrons. The van der Waals surface area contributed by atoms with Crippen molar-refractivity contribution in [2.75, 3.05) is 11.9 Å². The summed E-state index contributed by atoms with van der Waals surface area (Å²) >= 11 is 7.18. The molecule has 0 atom stereocenters. The van der Waals surface area contributed by atoms with Crippen LogP contribution in [0.1, 0.15) is 9.67 Å². The molecule has 0 saturated heterocycles. The van der Waals surface area contributed by atoms with Gasteiger partial charge in [0.2, 0.25) is 0 Å². The van der Waals surface area contributed by atoms with E-state index >= 15 is 0 Å². The van der Waals surface area contributed by atoms with Crippen LogP contribution in [0.3, 0.4) is 0 Å². The first-order chi connectivity index (χ1) is 9.65. The second-order valence-electron chi connectivity index (χ2n) is 4.50. The number of hydrogen-bond acceptors (Lipinski definition) is 2. The van der Waals surface area contributed by atoms with Gasteiger partial charge in [0.05, 0.1) is 9.21 Å². The van der Waals surface area contributed by atoms with E-state index < -0.39 is 0 Å². The zero-order chi connectivity index (χ0) is 14.1. The molecule has 0 fully saturated rings. The summed E-state index contributed by atoms with van der Waals surface area (Å²) in [6.45, 7) is 0. The lowest BCUT2D eigenvalue weighted by Gasteiger charge is -2.17. The van der Waals surface area contributed by atoms with Crippen molar-refractivity contribution >= 4 is 45.3 Å². The smallest absolute Gasteiger partial charge is 0.268 e. The Kier molecular flexibility index (Phi) is 3.47. The second-order valence-corrected chi connectivity index (χ2v) is 6.21. The van der Waals surface area contributed by atoms with Gasteiger partial charge in [-0.1, -0.05) is 41.9 Å². The average molecular weight is 302 g/mol. The lowest BCUT2D eigenvalue weighted by Crippen LogP contribution is -2.25. The van der Waals surface area contributed by atoms with Gasteiger partial charge in [-0.15, -0.1) is 11.3 Å². The van der Waals surface area contributed by atoms with Crippen LogP contribution in [-0.4, -0.2) is 13.0 Å². The van der Waals surface area contributed by atoms with E-state index in [0.29, 0.717) is 9.21 Å². The summed E-state index contributed by atoms with van der Waals surface area (Å²) in [6.07, 6.45) is 0. The number of amides is 1. The van der Waals surface area contributed by atoms with Gasteiger partial charge in [0.1, 0.15) is 0 Å². The summed E-state index contributed by atoms with van der Waals surface area (Å²) in [5.41, 5.74) is 0.873. The zero-order valence-electron chi connectivity index (χ0n) is 10.8. The molecule has 4 heteroatoms. The van der Waals surface area contributed by atoms with Gasteiger partial charge < -0.3 is 4.90 Å². The Morgan fingerprint density at radius 3 is 2.50 bits per heavy atom. The van der Waals surface area contributed by atoms with E-state index in [4.69, 9.17) is 11.6 Å². The fourth-order valence-corrected chi connectivity index (χ4v) is 3.12. The lowest BCUT2D eigenvalue weighted by molar-refractivity contribution is 0.0997. The molecule has 1 amide bonds. The van der Waals surface area contributed by atoms with E-state index in [1.165, 1.54) is 11.3 Å². The molecule has 1 aromatic heterocycles. The molecule has 20 heavy (non-hydrogen) atoms. The molecule has 0 aliphatic heterocycles. The number of hydrogen-bond donors (Lipinski definition) is 0. The molecule has 2 aromatic carbocycles. The number of halogens is 1. The molecule has 0 bridgehead atoms. The number of carbonyl (C=O) groups excluding carboxylic acids is 1. The fraction of sp³-hybridized carbons (Fsp3) is 0.0625. The summed E-state index contributed by atoms with van der Waals surface area (Å²) in [6, 6.07) is 17.6. The summed E-state index contributed by atoms with van der Waals surface area (Å²) in [5.74, 6) is -0.0443. The second kappa shape index (κ2) is 5.27. The molecule has 0 aliphatic rings. The summed E-state index contributed by atoms with van der Waals surface area (Å²) in [4.78, 5) is 14.7. The molecule has 0 spiro atoms. The number of rotatable bonds is 2. The maximum absolute atomic E-state index is 12.4. The standard InChI is InChI=1S/C16H12ClNOS/c1-18(16(19)14-8-9-15(17)20-14)13-7-6-11-4-2-3-5-12(11)10-13/h2-10H,1H3. The lowest BCUT2D eigenvalue weighted by atomic mass is 10.1. The largest absolute Gasteiger partial charge is 0.311 e. The predicted molar refractivity (Wildman–Crippen MR) is 86.0 cm³/mol. The third kappa shape index (κ3) is 2.42. The Morgan fingerprint density at radius 2 is 1.80 bits per heavy atom. The zero-order valence-corrected chi connectivity index (χ0v) is 12.4. The molecular formula is C16H12ClNOS. The number of carbonyl (C=O) groups is 1. The molecular weight excluding hydrogens is 290 g/mol. The van der Waals surface area contributed by atoms with Crippen molar-refractivity contribution in [1.82, 2.24) is 0 Å². The third-order valence-corrected chi connectivity index (χ3v) is 4.43. The summed E-state index contributed by atoms with van der Waals surface area (Å²) < 4.78 is 0.625. The number of nitrogens with zero attached hydrogens (tertiary/aromatic N) is 1. The molecule has 0 unspecified atom stereocenters. The van der Waals surface area contributed by atoms with E-state index in [-0.39, 0.29) is 5.91 Å². The Bertz CT molecular complexity index is 781. The van der Waals surface area contributed by atoms with Crippen LogP contribution in [0.25, 0.3) is 10.8 Å². The van der Waals surface area contributed by atoms with Crippen molar-refractivity contribution in [3.05, 3.63) is 63.8 Å². The van der Waals surface area contributed by atoms with Gasteiger partial charge in [-0.2, -0.15) is 0 Å². The van der Waals surface area contributed by atoms with Crippen LogP contribution in [0.5, 0.6) is 0 Å². The predicted octanol–water partition coefficient (Wildman–Crippen LogP) is 4.83.